The molecule has 0 unspecified atom stereocenters. The van der Waals surface area contributed by atoms with Crippen molar-refractivity contribution >= 4 is 96.8 Å². The van der Waals surface area contributed by atoms with Crippen LogP contribution in [0.15, 0.2) is 170 Å². The third-order valence-corrected chi connectivity index (χ3v) is 11.6. The lowest BCUT2D eigenvalue weighted by Gasteiger charge is -2.19. The molecule has 6 nitrogen and oxygen atoms in total. The van der Waals surface area contributed by atoms with Crippen molar-refractivity contribution in [2.24, 2.45) is 0 Å². The van der Waals surface area contributed by atoms with E-state index in [4.69, 9.17) is 46.3 Å². The van der Waals surface area contributed by atoms with E-state index in [9.17, 15) is 5.11 Å². The molecule has 3 aromatic heterocycles. The second kappa shape index (κ2) is 14.3. The fourth-order valence-corrected chi connectivity index (χ4v) is 8.62. The van der Waals surface area contributed by atoms with Crippen LogP contribution in [0.3, 0.4) is 0 Å². The summed E-state index contributed by atoms with van der Waals surface area (Å²) in [5.74, 6) is 0.361. The molecular weight excluding hydrogens is 742 g/mol. The van der Waals surface area contributed by atoms with Gasteiger partial charge in [-0.1, -0.05) is 157 Å². The highest BCUT2D eigenvalue weighted by atomic mass is 16.3. The summed E-state index contributed by atoms with van der Waals surface area (Å²) in [5.41, 5.74) is 9.80. The molecule has 0 saturated heterocycles. The predicted octanol–water partition coefficient (Wildman–Crippen LogP) is 7.61. The highest BCUT2D eigenvalue weighted by Crippen LogP contribution is 2.42. The molecule has 11 aromatic rings. The van der Waals surface area contributed by atoms with Crippen LogP contribution in [0.5, 0.6) is 5.75 Å². The monoisotopic (exact) mass is 771 g/mol. The van der Waals surface area contributed by atoms with E-state index in [1.807, 2.05) is 60.7 Å². The van der Waals surface area contributed by atoms with Crippen molar-refractivity contribution < 1.29 is 5.11 Å². The van der Waals surface area contributed by atoms with Gasteiger partial charge in [-0.05, 0) is 46.5 Å². The molecule has 0 amide bonds. The first-order valence-electron chi connectivity index (χ1n) is 19.8. The summed E-state index contributed by atoms with van der Waals surface area (Å²) in [4.78, 5) is 15.3. The molecule has 8 aromatic carbocycles. The highest BCUT2D eigenvalue weighted by molar-refractivity contribution is 6.64. The Labute approximate surface area is 356 Å². The second-order valence-electron chi connectivity index (χ2n) is 15.1. The van der Waals surface area contributed by atoms with Crippen LogP contribution in [0.25, 0.3) is 100 Å². The van der Waals surface area contributed by atoms with Gasteiger partial charge < -0.3 is 9.67 Å². The third-order valence-electron chi connectivity index (χ3n) is 11.6. The van der Waals surface area contributed by atoms with E-state index in [1.165, 1.54) is 0 Å². The summed E-state index contributed by atoms with van der Waals surface area (Å²) in [7, 11) is 25.5. The van der Waals surface area contributed by atoms with Crippen molar-refractivity contribution in [3.05, 3.63) is 170 Å². The number of hydrogen-bond donors (Lipinski definition) is 1. The lowest BCUT2D eigenvalue weighted by Crippen LogP contribution is -2.48. The molecule has 0 spiro atoms. The Bertz CT molecular complexity index is 3500. The van der Waals surface area contributed by atoms with Crippen molar-refractivity contribution in [2.45, 2.75) is 0 Å². The number of phenols is 1. The van der Waals surface area contributed by atoms with E-state index in [0.29, 0.717) is 11.8 Å². The molecule has 0 aliphatic heterocycles. The SMILES string of the molecule is [B]c1c([B])c([B])c(-c2nc(-c3ccc(-c4ccccc4)cc3)nc(-n3c4ccccc4c4ccc5c6ccccc6n(-c6cccc(-c7ccccc7)c6)c5c43)n2)c(O)c1[B]. The smallest absolute Gasteiger partial charge is 0.238 e. The van der Waals surface area contributed by atoms with Gasteiger partial charge in [0.15, 0.2) is 11.6 Å². The Hall–Kier alpha value is -7.57. The number of aromatic hydroxyl groups is 1. The lowest BCUT2D eigenvalue weighted by molar-refractivity contribution is 0.482. The molecule has 0 aliphatic carbocycles. The van der Waals surface area contributed by atoms with Crippen LogP contribution < -0.4 is 21.9 Å². The topological polar surface area (TPSA) is 68.8 Å². The molecule has 3 heterocycles. The minimum absolute atomic E-state index is 0.00904. The number of benzene rings is 8. The van der Waals surface area contributed by atoms with Crippen molar-refractivity contribution in [1.82, 2.24) is 24.1 Å². The molecule has 61 heavy (non-hydrogen) atoms. The maximum absolute atomic E-state index is 11.6. The number of rotatable bonds is 6. The Kier molecular flexibility index (Phi) is 8.57. The first-order chi connectivity index (χ1) is 29.9. The van der Waals surface area contributed by atoms with Gasteiger partial charge in [0.25, 0.3) is 0 Å². The van der Waals surface area contributed by atoms with Crippen LogP contribution in [0.4, 0.5) is 0 Å². The average molecular weight is 771 g/mol. The quantitative estimate of drug-likeness (QED) is 0.177. The molecule has 0 aliphatic rings. The molecule has 0 saturated carbocycles. The molecule has 8 radical (unpaired) electrons. The Balaban J connectivity index is 1.25. The van der Waals surface area contributed by atoms with Crippen LogP contribution in [0.2, 0.25) is 0 Å². The molecular formula is C51H29B4N5O. The Morgan fingerprint density at radius 1 is 0.377 bits per heavy atom. The van der Waals surface area contributed by atoms with Crippen LogP contribution in [-0.2, 0) is 0 Å². The van der Waals surface area contributed by atoms with Crippen LogP contribution in [-0.4, -0.2) is 60.6 Å². The summed E-state index contributed by atoms with van der Waals surface area (Å²) in [6.07, 6.45) is 0. The summed E-state index contributed by atoms with van der Waals surface area (Å²) >= 11 is 0. The number of hydrogen-bond acceptors (Lipinski definition) is 4. The molecule has 276 valence electrons. The molecule has 10 heteroatoms. The Morgan fingerprint density at radius 3 is 1.52 bits per heavy atom. The minimum Gasteiger partial charge on any atom is -0.508 e. The maximum atomic E-state index is 11.6. The van der Waals surface area contributed by atoms with E-state index in [0.717, 1.165) is 77.1 Å². The van der Waals surface area contributed by atoms with Gasteiger partial charge in [-0.3, -0.25) is 4.57 Å². The zero-order chi connectivity index (χ0) is 41.4. The van der Waals surface area contributed by atoms with E-state index < -0.39 is 0 Å². The number of fused-ring (bicyclic) bond motifs is 7. The predicted molar refractivity (Wildman–Crippen MR) is 253 cm³/mol. The van der Waals surface area contributed by atoms with Crippen LogP contribution in [0.1, 0.15) is 0 Å². The molecule has 11 rings (SSSR count). The van der Waals surface area contributed by atoms with E-state index in [1.54, 1.807) is 0 Å². The van der Waals surface area contributed by atoms with Gasteiger partial charge in [-0.2, -0.15) is 9.97 Å². The normalized spacial score (nSPS) is 11.6. The van der Waals surface area contributed by atoms with Gasteiger partial charge in [0.05, 0.1) is 27.6 Å². The Morgan fingerprint density at radius 2 is 0.869 bits per heavy atom. The zero-order valence-electron chi connectivity index (χ0n) is 32.7. The molecule has 0 fully saturated rings. The average Bonchev–Trinajstić information content (AvgIpc) is 3.84. The summed E-state index contributed by atoms with van der Waals surface area (Å²) < 4.78 is 4.40. The first kappa shape index (κ1) is 36.5. The van der Waals surface area contributed by atoms with Gasteiger partial charge in [0.2, 0.25) is 5.95 Å². The number of aromatic nitrogens is 5. The van der Waals surface area contributed by atoms with Gasteiger partial charge in [-0.25, -0.2) is 4.98 Å². The summed E-state index contributed by atoms with van der Waals surface area (Å²) in [6.45, 7) is 0. The lowest BCUT2D eigenvalue weighted by atomic mass is 9.65. The van der Waals surface area contributed by atoms with Gasteiger partial charge in [0.1, 0.15) is 37.1 Å². The van der Waals surface area contributed by atoms with Crippen LogP contribution >= 0.6 is 0 Å². The van der Waals surface area contributed by atoms with E-state index >= 15 is 0 Å². The van der Waals surface area contributed by atoms with Gasteiger partial charge in [-0.15, -0.1) is 10.9 Å². The largest absolute Gasteiger partial charge is 0.508 e. The number of para-hydroxylation sites is 2. The van der Waals surface area contributed by atoms with E-state index in [2.05, 4.69) is 118 Å². The number of phenolic OH excluding ortho intramolecular Hbond substituents is 1. The molecule has 1 N–H and O–H groups in total. The standard InChI is InChI=1S/C51H29B4N5O/c52-42-41(48(61)45(55)44(54)43(42)53)50-56-49(32-24-22-31(23-25-32)29-12-3-1-4-13-29)57-51(58-50)60-40-21-10-8-19-36(40)38-27-26-37-35-18-7-9-20-39(35)59(46(37)47(38)60)34-17-11-16-33(28-34)30-14-5-2-6-15-30/h1-28,61H. The maximum Gasteiger partial charge on any atom is 0.238 e. The van der Waals surface area contributed by atoms with Gasteiger partial charge >= 0.3 is 0 Å². The highest BCUT2D eigenvalue weighted by Gasteiger charge is 2.25. The van der Waals surface area contributed by atoms with Crippen molar-refractivity contribution in [1.29, 1.82) is 0 Å². The summed E-state index contributed by atoms with van der Waals surface area (Å²) in [5, 5.41) is 15.7. The minimum atomic E-state index is -0.366. The van der Waals surface area contributed by atoms with Gasteiger partial charge in [0, 0.05) is 32.8 Å². The summed E-state index contributed by atoms with van der Waals surface area (Å²) in [6, 6.07) is 58.2. The third kappa shape index (κ3) is 5.81. The fraction of sp³-hybridized carbons (Fsp3) is 0. The molecule has 0 atom stereocenters. The molecule has 0 bridgehead atoms. The number of nitrogens with zero attached hydrogens (tertiary/aromatic N) is 5. The first-order valence-corrected chi connectivity index (χ1v) is 19.8. The van der Waals surface area contributed by atoms with E-state index in [-0.39, 0.29) is 39.0 Å². The van der Waals surface area contributed by atoms with Crippen molar-refractivity contribution in [3.63, 3.8) is 0 Å². The second-order valence-corrected chi connectivity index (χ2v) is 15.1. The van der Waals surface area contributed by atoms with Crippen molar-refractivity contribution in [3.8, 4) is 62.4 Å². The zero-order valence-corrected chi connectivity index (χ0v) is 32.7. The van der Waals surface area contributed by atoms with Crippen LogP contribution in [0, 0.1) is 0 Å². The fourth-order valence-electron chi connectivity index (χ4n) is 8.62. The van der Waals surface area contributed by atoms with Crippen molar-refractivity contribution in [2.75, 3.05) is 0 Å².